The first-order chi connectivity index (χ1) is 11.8. The Morgan fingerprint density at radius 2 is 1.17 bits per heavy atom. The van der Waals surface area contributed by atoms with Crippen LogP contribution in [0.1, 0.15) is 21.5 Å². The van der Waals surface area contributed by atoms with E-state index in [9.17, 15) is 4.79 Å². The van der Waals surface area contributed by atoms with Gasteiger partial charge in [0.1, 0.15) is 0 Å². The van der Waals surface area contributed by atoms with E-state index in [2.05, 4.69) is 5.92 Å². The second-order valence-electron chi connectivity index (χ2n) is 5.31. The summed E-state index contributed by atoms with van der Waals surface area (Å²) >= 11 is 0. The molecule has 0 spiro atoms. The Morgan fingerprint density at radius 1 is 0.750 bits per heavy atom. The quantitative estimate of drug-likeness (QED) is 0.526. The topological polar surface area (TPSA) is 26.3 Å². The summed E-state index contributed by atoms with van der Waals surface area (Å²) < 4.78 is 5.87. The number of carbonyl (C=O) groups excluding carboxylic acids is 1. The number of ether oxygens (including phenoxy) is 1. The molecule has 0 saturated heterocycles. The Balaban J connectivity index is 2.09. The van der Waals surface area contributed by atoms with Gasteiger partial charge in [0.15, 0.2) is 0 Å². The van der Waals surface area contributed by atoms with Gasteiger partial charge in [0, 0.05) is 11.1 Å². The van der Waals surface area contributed by atoms with Crippen LogP contribution in [-0.2, 0) is 10.3 Å². The molecule has 2 nitrogen and oxygen atoms in total. The Labute approximate surface area is 141 Å². The highest BCUT2D eigenvalue weighted by atomic mass is 16.6. The van der Waals surface area contributed by atoms with E-state index in [1.165, 1.54) is 0 Å². The lowest BCUT2D eigenvalue weighted by atomic mass is 9.86. The van der Waals surface area contributed by atoms with E-state index < -0.39 is 11.6 Å². The summed E-state index contributed by atoms with van der Waals surface area (Å²) in [4.78, 5) is 12.6. The fourth-order valence-corrected chi connectivity index (χ4v) is 2.60. The Hall–Kier alpha value is -3.31. The van der Waals surface area contributed by atoms with Crippen molar-refractivity contribution >= 4 is 5.97 Å². The van der Waals surface area contributed by atoms with Crippen molar-refractivity contribution in [2.75, 3.05) is 0 Å². The fourth-order valence-electron chi connectivity index (χ4n) is 2.60. The van der Waals surface area contributed by atoms with Crippen molar-refractivity contribution in [3.05, 3.63) is 108 Å². The number of hydrogen-bond acceptors (Lipinski definition) is 2. The van der Waals surface area contributed by atoms with E-state index >= 15 is 0 Å². The molecule has 0 bridgehead atoms. The molecule has 0 radical (unpaired) electrons. The molecule has 0 fully saturated rings. The normalized spacial score (nSPS) is 10.6. The summed E-state index contributed by atoms with van der Waals surface area (Å²) in [6, 6.07) is 27.6. The van der Waals surface area contributed by atoms with Gasteiger partial charge in [-0.1, -0.05) is 78.9 Å². The van der Waals surface area contributed by atoms with Gasteiger partial charge in [-0.2, -0.15) is 0 Å². The lowest BCUT2D eigenvalue weighted by Crippen LogP contribution is -2.32. The second-order valence-corrected chi connectivity index (χ2v) is 5.31. The summed E-state index contributed by atoms with van der Waals surface area (Å²) in [5.74, 6) is 2.25. The first-order valence-corrected chi connectivity index (χ1v) is 7.63. The second kappa shape index (κ2) is 6.85. The Kier molecular flexibility index (Phi) is 4.45. The van der Waals surface area contributed by atoms with E-state index in [1.54, 1.807) is 24.3 Å². The number of carbonyl (C=O) groups is 1. The van der Waals surface area contributed by atoms with Crippen LogP contribution in [0, 0.1) is 12.3 Å². The molecule has 0 aliphatic carbocycles. The molecule has 3 aromatic carbocycles. The van der Waals surface area contributed by atoms with Crippen LogP contribution in [0.2, 0.25) is 0 Å². The van der Waals surface area contributed by atoms with E-state index in [4.69, 9.17) is 11.2 Å². The monoisotopic (exact) mass is 312 g/mol. The molecule has 116 valence electrons. The summed E-state index contributed by atoms with van der Waals surface area (Å²) in [5, 5.41) is 0. The minimum absolute atomic E-state index is 0.457. The first-order valence-electron chi connectivity index (χ1n) is 7.63. The van der Waals surface area contributed by atoms with Gasteiger partial charge in [-0.3, -0.25) is 0 Å². The predicted molar refractivity (Wildman–Crippen MR) is 94.4 cm³/mol. The molecular formula is C22H16O2. The molecular weight excluding hydrogens is 296 g/mol. The molecule has 0 aliphatic rings. The van der Waals surface area contributed by atoms with Crippen LogP contribution in [-0.4, -0.2) is 5.97 Å². The summed E-state index contributed by atoms with van der Waals surface area (Å²) in [6.45, 7) is 0. The van der Waals surface area contributed by atoms with E-state index in [-0.39, 0.29) is 0 Å². The van der Waals surface area contributed by atoms with E-state index in [0.717, 1.165) is 11.1 Å². The summed E-state index contributed by atoms with van der Waals surface area (Å²) in [5.41, 5.74) is 0.671. The van der Waals surface area contributed by atoms with Gasteiger partial charge < -0.3 is 4.74 Å². The molecule has 0 heterocycles. The maximum Gasteiger partial charge on any atom is 0.340 e. The number of hydrogen-bond donors (Lipinski definition) is 0. The molecule has 0 aliphatic heterocycles. The van der Waals surface area contributed by atoms with Crippen molar-refractivity contribution < 1.29 is 9.53 Å². The van der Waals surface area contributed by atoms with Crippen molar-refractivity contribution in [3.63, 3.8) is 0 Å². The lowest BCUT2D eigenvalue weighted by Gasteiger charge is -2.29. The van der Waals surface area contributed by atoms with Crippen LogP contribution < -0.4 is 0 Å². The number of rotatable bonds is 4. The van der Waals surface area contributed by atoms with Gasteiger partial charge in [-0.25, -0.2) is 4.79 Å². The number of terminal acetylenes is 1. The molecule has 3 aromatic rings. The lowest BCUT2D eigenvalue weighted by molar-refractivity contribution is 0.0199. The van der Waals surface area contributed by atoms with Crippen molar-refractivity contribution in [1.82, 2.24) is 0 Å². The maximum absolute atomic E-state index is 12.6. The predicted octanol–water partition coefficient (Wildman–Crippen LogP) is 4.42. The Bertz CT molecular complexity index is 807. The molecule has 24 heavy (non-hydrogen) atoms. The molecule has 0 N–H and O–H groups in total. The van der Waals surface area contributed by atoms with Gasteiger partial charge in [0.25, 0.3) is 0 Å². The van der Waals surface area contributed by atoms with Crippen molar-refractivity contribution in [1.29, 1.82) is 0 Å². The van der Waals surface area contributed by atoms with E-state index in [1.807, 2.05) is 66.7 Å². The third-order valence-electron chi connectivity index (χ3n) is 3.82. The zero-order valence-corrected chi connectivity index (χ0v) is 13.1. The minimum Gasteiger partial charge on any atom is -0.433 e. The van der Waals surface area contributed by atoms with Crippen LogP contribution in [0.3, 0.4) is 0 Å². The number of benzene rings is 3. The molecule has 0 unspecified atom stereocenters. The van der Waals surface area contributed by atoms with Crippen molar-refractivity contribution in [2.45, 2.75) is 5.60 Å². The third-order valence-corrected chi connectivity index (χ3v) is 3.82. The van der Waals surface area contributed by atoms with Crippen LogP contribution >= 0.6 is 0 Å². The molecule has 0 saturated carbocycles. The van der Waals surface area contributed by atoms with Gasteiger partial charge in [0.05, 0.1) is 5.56 Å². The molecule has 0 atom stereocenters. The maximum atomic E-state index is 12.6. The zero-order chi connectivity index (χ0) is 16.8. The smallest absolute Gasteiger partial charge is 0.340 e. The Morgan fingerprint density at radius 3 is 1.58 bits per heavy atom. The fraction of sp³-hybridized carbons (Fsp3) is 0.0455. The highest BCUT2D eigenvalue weighted by Gasteiger charge is 2.36. The zero-order valence-electron chi connectivity index (χ0n) is 13.1. The number of esters is 1. The highest BCUT2D eigenvalue weighted by Crippen LogP contribution is 2.34. The van der Waals surface area contributed by atoms with Crippen LogP contribution in [0.25, 0.3) is 0 Å². The van der Waals surface area contributed by atoms with Gasteiger partial charge in [0.2, 0.25) is 5.60 Å². The molecule has 0 aromatic heterocycles. The van der Waals surface area contributed by atoms with Gasteiger partial charge >= 0.3 is 5.97 Å². The van der Waals surface area contributed by atoms with Crippen molar-refractivity contribution in [3.8, 4) is 12.3 Å². The average molecular weight is 312 g/mol. The average Bonchev–Trinajstić information content (AvgIpc) is 2.68. The first kappa shape index (κ1) is 15.6. The van der Waals surface area contributed by atoms with Crippen molar-refractivity contribution in [2.24, 2.45) is 0 Å². The highest BCUT2D eigenvalue weighted by molar-refractivity contribution is 5.90. The van der Waals surface area contributed by atoms with Crippen LogP contribution in [0.15, 0.2) is 91.0 Å². The standard InChI is InChI=1S/C22H16O2/c1-2-22(19-14-8-4-9-15-19,20-16-10-5-11-17-20)24-21(23)18-12-6-3-7-13-18/h1,3-17H. The molecule has 0 amide bonds. The summed E-state index contributed by atoms with van der Waals surface area (Å²) in [7, 11) is 0. The van der Waals surface area contributed by atoms with E-state index in [0.29, 0.717) is 5.56 Å². The third kappa shape index (κ3) is 2.93. The van der Waals surface area contributed by atoms with Crippen LogP contribution in [0.5, 0.6) is 0 Å². The SMILES string of the molecule is C#CC(OC(=O)c1ccccc1)(c1ccccc1)c1ccccc1. The molecule has 3 rings (SSSR count). The largest absolute Gasteiger partial charge is 0.433 e. The minimum atomic E-state index is -1.27. The van der Waals surface area contributed by atoms with Crippen LogP contribution in [0.4, 0.5) is 0 Å². The molecule has 2 heteroatoms. The summed E-state index contributed by atoms with van der Waals surface area (Å²) in [6.07, 6.45) is 5.87. The van der Waals surface area contributed by atoms with Gasteiger partial charge in [-0.15, -0.1) is 6.42 Å². The van der Waals surface area contributed by atoms with Gasteiger partial charge in [-0.05, 0) is 18.1 Å².